The molecule has 6 heteroatoms. The van der Waals surface area contributed by atoms with Gasteiger partial charge in [0, 0.05) is 51.2 Å². The highest BCUT2D eigenvalue weighted by atomic mass is 16.2. The summed E-state index contributed by atoms with van der Waals surface area (Å²) in [5.41, 5.74) is 2.26. The molecule has 132 valence electrons. The molecule has 25 heavy (non-hydrogen) atoms. The number of benzene rings is 1. The second-order valence-electron chi connectivity index (χ2n) is 6.85. The summed E-state index contributed by atoms with van der Waals surface area (Å²) in [4.78, 5) is 16.7. The topological polar surface area (TPSA) is 53.4 Å². The number of piperazine rings is 1. The zero-order chi connectivity index (χ0) is 17.1. The Labute approximate surface area is 148 Å². The van der Waals surface area contributed by atoms with Crippen LogP contribution in [0.3, 0.4) is 0 Å². The van der Waals surface area contributed by atoms with Crippen molar-refractivity contribution in [2.45, 2.75) is 25.3 Å². The Morgan fingerprint density at radius 3 is 2.52 bits per heavy atom. The number of hydrogen-bond acceptors (Lipinski definition) is 3. The Balaban J connectivity index is 1.20. The van der Waals surface area contributed by atoms with Gasteiger partial charge in [0.25, 0.3) is 0 Å². The molecule has 1 aliphatic carbocycles. The molecule has 0 radical (unpaired) electrons. The van der Waals surface area contributed by atoms with Gasteiger partial charge in [-0.15, -0.1) is 0 Å². The fourth-order valence-corrected chi connectivity index (χ4v) is 3.39. The summed E-state index contributed by atoms with van der Waals surface area (Å²) in [6.45, 7) is 4.41. The third-order valence-corrected chi connectivity index (χ3v) is 5.06. The van der Waals surface area contributed by atoms with Crippen molar-refractivity contribution in [1.82, 2.24) is 24.9 Å². The van der Waals surface area contributed by atoms with Gasteiger partial charge in [-0.2, -0.15) is 5.10 Å². The van der Waals surface area contributed by atoms with Crippen LogP contribution >= 0.6 is 0 Å². The van der Waals surface area contributed by atoms with Gasteiger partial charge in [-0.3, -0.25) is 4.90 Å². The third kappa shape index (κ3) is 4.02. The van der Waals surface area contributed by atoms with Gasteiger partial charge < -0.3 is 10.2 Å². The molecule has 0 atom stereocenters. The molecule has 2 fully saturated rings. The van der Waals surface area contributed by atoms with Gasteiger partial charge in [0.2, 0.25) is 0 Å². The Kier molecular flexibility index (Phi) is 4.70. The first-order valence-electron chi connectivity index (χ1n) is 9.15. The van der Waals surface area contributed by atoms with Crippen molar-refractivity contribution in [2.75, 3.05) is 32.7 Å². The molecule has 0 spiro atoms. The van der Waals surface area contributed by atoms with Crippen molar-refractivity contribution in [1.29, 1.82) is 0 Å². The molecule has 1 saturated carbocycles. The van der Waals surface area contributed by atoms with Crippen LogP contribution in [-0.4, -0.2) is 64.4 Å². The number of carbonyl (C=O) groups excluding carboxylic acids is 1. The van der Waals surface area contributed by atoms with E-state index in [4.69, 9.17) is 0 Å². The molecule has 6 nitrogen and oxygen atoms in total. The normalized spacial score (nSPS) is 18.3. The van der Waals surface area contributed by atoms with E-state index in [0.717, 1.165) is 44.3 Å². The smallest absolute Gasteiger partial charge is 0.317 e. The van der Waals surface area contributed by atoms with Crippen molar-refractivity contribution < 1.29 is 4.79 Å². The van der Waals surface area contributed by atoms with Crippen molar-refractivity contribution in [2.24, 2.45) is 0 Å². The summed E-state index contributed by atoms with van der Waals surface area (Å²) in [7, 11) is 0. The summed E-state index contributed by atoms with van der Waals surface area (Å²) < 4.78 is 1.84. The molecular weight excluding hydrogens is 314 g/mol. The first kappa shape index (κ1) is 16.1. The van der Waals surface area contributed by atoms with E-state index in [1.54, 1.807) is 6.20 Å². The SMILES string of the molecule is O=C(NCCc1ccc(-n2cccn2)cc1)N1CCN(C2CC2)CC1. The maximum Gasteiger partial charge on any atom is 0.317 e. The summed E-state index contributed by atoms with van der Waals surface area (Å²) >= 11 is 0. The highest BCUT2D eigenvalue weighted by Crippen LogP contribution is 2.27. The second kappa shape index (κ2) is 7.27. The number of amides is 2. The lowest BCUT2D eigenvalue weighted by Gasteiger charge is -2.34. The van der Waals surface area contributed by atoms with Gasteiger partial charge >= 0.3 is 6.03 Å². The standard InChI is InChI=1S/C19H25N5O/c25-19(23-14-12-22(13-15-23)17-6-7-17)20-10-8-16-2-4-18(5-3-16)24-11-1-9-21-24/h1-5,9,11,17H,6-8,10,12-15H2,(H,20,25). The van der Waals surface area contributed by atoms with Gasteiger partial charge in [0.1, 0.15) is 0 Å². The Bertz CT molecular complexity index is 685. The summed E-state index contributed by atoms with van der Waals surface area (Å²) in [6.07, 6.45) is 7.22. The van der Waals surface area contributed by atoms with E-state index in [0.29, 0.717) is 6.54 Å². The van der Waals surface area contributed by atoms with Crippen LogP contribution in [0.4, 0.5) is 4.79 Å². The Morgan fingerprint density at radius 1 is 1.12 bits per heavy atom. The third-order valence-electron chi connectivity index (χ3n) is 5.06. The maximum absolute atomic E-state index is 12.3. The molecule has 2 aliphatic rings. The van der Waals surface area contributed by atoms with Crippen LogP contribution in [0.1, 0.15) is 18.4 Å². The average Bonchev–Trinajstić information content (AvgIpc) is 3.37. The molecule has 2 aromatic rings. The molecule has 2 amide bonds. The summed E-state index contributed by atoms with van der Waals surface area (Å²) in [6, 6.07) is 11.1. The minimum atomic E-state index is 0.0728. The number of urea groups is 1. The average molecular weight is 339 g/mol. The number of aromatic nitrogens is 2. The first-order chi connectivity index (χ1) is 12.3. The van der Waals surface area contributed by atoms with Crippen LogP contribution in [0.2, 0.25) is 0 Å². The summed E-state index contributed by atoms with van der Waals surface area (Å²) in [5, 5.41) is 7.28. The fraction of sp³-hybridized carbons (Fsp3) is 0.474. The number of carbonyl (C=O) groups is 1. The molecule has 1 N–H and O–H groups in total. The molecule has 0 bridgehead atoms. The van der Waals surface area contributed by atoms with Crippen molar-refractivity contribution in [3.05, 3.63) is 48.3 Å². The van der Waals surface area contributed by atoms with E-state index in [1.165, 1.54) is 18.4 Å². The molecule has 2 heterocycles. The van der Waals surface area contributed by atoms with Crippen LogP contribution in [0.5, 0.6) is 0 Å². The number of nitrogens with one attached hydrogen (secondary N) is 1. The van der Waals surface area contributed by atoms with Crippen LogP contribution in [0, 0.1) is 0 Å². The zero-order valence-electron chi connectivity index (χ0n) is 14.5. The molecule has 1 aromatic carbocycles. The van der Waals surface area contributed by atoms with Crippen molar-refractivity contribution in [3.63, 3.8) is 0 Å². The predicted octanol–water partition coefficient (Wildman–Crippen LogP) is 1.90. The predicted molar refractivity (Wildman–Crippen MR) is 96.8 cm³/mol. The van der Waals surface area contributed by atoms with Gasteiger partial charge in [-0.05, 0) is 43.0 Å². The zero-order valence-corrected chi connectivity index (χ0v) is 14.5. The van der Waals surface area contributed by atoms with Crippen LogP contribution < -0.4 is 5.32 Å². The lowest BCUT2D eigenvalue weighted by atomic mass is 10.1. The van der Waals surface area contributed by atoms with E-state index >= 15 is 0 Å². The lowest BCUT2D eigenvalue weighted by molar-refractivity contribution is 0.135. The Hall–Kier alpha value is -2.34. The quantitative estimate of drug-likeness (QED) is 0.905. The van der Waals surface area contributed by atoms with E-state index < -0.39 is 0 Å². The molecule has 0 unspecified atom stereocenters. The van der Waals surface area contributed by atoms with E-state index in [1.807, 2.05) is 21.8 Å². The van der Waals surface area contributed by atoms with Gasteiger partial charge in [0.15, 0.2) is 0 Å². The second-order valence-corrected chi connectivity index (χ2v) is 6.85. The monoisotopic (exact) mass is 339 g/mol. The largest absolute Gasteiger partial charge is 0.338 e. The van der Waals surface area contributed by atoms with Gasteiger partial charge in [-0.25, -0.2) is 9.48 Å². The minimum absolute atomic E-state index is 0.0728. The van der Waals surface area contributed by atoms with E-state index in [2.05, 4.69) is 39.6 Å². The highest BCUT2D eigenvalue weighted by molar-refractivity contribution is 5.74. The van der Waals surface area contributed by atoms with Gasteiger partial charge in [-0.1, -0.05) is 12.1 Å². The van der Waals surface area contributed by atoms with Crippen LogP contribution in [0.15, 0.2) is 42.7 Å². The van der Waals surface area contributed by atoms with E-state index in [9.17, 15) is 4.79 Å². The number of nitrogens with zero attached hydrogens (tertiary/aromatic N) is 4. The number of rotatable bonds is 5. The molecular formula is C19H25N5O. The number of hydrogen-bond donors (Lipinski definition) is 1. The molecule has 1 aromatic heterocycles. The van der Waals surface area contributed by atoms with Crippen molar-refractivity contribution >= 4 is 6.03 Å². The van der Waals surface area contributed by atoms with Gasteiger partial charge in [0.05, 0.1) is 5.69 Å². The minimum Gasteiger partial charge on any atom is -0.338 e. The first-order valence-corrected chi connectivity index (χ1v) is 9.15. The molecule has 1 aliphatic heterocycles. The maximum atomic E-state index is 12.3. The van der Waals surface area contributed by atoms with Crippen LogP contribution in [-0.2, 0) is 6.42 Å². The fourth-order valence-electron chi connectivity index (χ4n) is 3.39. The highest BCUT2D eigenvalue weighted by Gasteiger charge is 2.32. The lowest BCUT2D eigenvalue weighted by Crippen LogP contribution is -2.52. The molecule has 1 saturated heterocycles. The Morgan fingerprint density at radius 2 is 1.88 bits per heavy atom. The van der Waals surface area contributed by atoms with E-state index in [-0.39, 0.29) is 6.03 Å². The van der Waals surface area contributed by atoms with Crippen molar-refractivity contribution in [3.8, 4) is 5.69 Å². The summed E-state index contributed by atoms with van der Waals surface area (Å²) in [5.74, 6) is 0. The van der Waals surface area contributed by atoms with Crippen LogP contribution in [0.25, 0.3) is 5.69 Å². The molecule has 4 rings (SSSR count).